The summed E-state index contributed by atoms with van der Waals surface area (Å²) in [6.07, 6.45) is 0. The summed E-state index contributed by atoms with van der Waals surface area (Å²) < 4.78 is 13.2. The number of nitrogens with two attached hydrogens (primary N) is 1. The van der Waals surface area contributed by atoms with Gasteiger partial charge in [-0.15, -0.1) is 0 Å². The van der Waals surface area contributed by atoms with Crippen molar-refractivity contribution in [3.8, 4) is 0 Å². The number of hydrogen-bond acceptors (Lipinski definition) is 2. The summed E-state index contributed by atoms with van der Waals surface area (Å²) in [6, 6.07) is 9.96. The van der Waals surface area contributed by atoms with E-state index in [9.17, 15) is 14.0 Å². The number of amides is 3. The van der Waals surface area contributed by atoms with Gasteiger partial charge in [-0.3, -0.25) is 4.79 Å². The van der Waals surface area contributed by atoms with Gasteiger partial charge in [0.15, 0.2) is 0 Å². The van der Waals surface area contributed by atoms with E-state index in [1.165, 1.54) is 18.2 Å². The van der Waals surface area contributed by atoms with E-state index in [1.807, 2.05) is 0 Å². The Morgan fingerprint density at radius 2 is 1.57 bits per heavy atom. The summed E-state index contributed by atoms with van der Waals surface area (Å²) in [7, 11) is 0. The van der Waals surface area contributed by atoms with Crippen LogP contribution in [0.15, 0.2) is 42.5 Å². The van der Waals surface area contributed by atoms with Gasteiger partial charge in [0.25, 0.3) is 5.91 Å². The van der Waals surface area contributed by atoms with E-state index < -0.39 is 6.03 Å². The van der Waals surface area contributed by atoms with Crippen LogP contribution in [0.25, 0.3) is 0 Å². The van der Waals surface area contributed by atoms with E-state index in [0.717, 1.165) is 0 Å². The monoisotopic (exact) mass is 287 g/mol. The average Bonchev–Trinajstić information content (AvgIpc) is 2.43. The molecule has 0 radical (unpaired) electrons. The van der Waals surface area contributed by atoms with Crippen LogP contribution in [-0.4, -0.2) is 11.9 Å². The van der Waals surface area contributed by atoms with Crippen LogP contribution in [0.4, 0.5) is 20.6 Å². The molecule has 0 saturated heterocycles. The zero-order valence-corrected chi connectivity index (χ0v) is 11.3. The van der Waals surface area contributed by atoms with Crippen LogP contribution in [0.1, 0.15) is 15.9 Å². The van der Waals surface area contributed by atoms with Gasteiger partial charge in [-0.25, -0.2) is 9.18 Å². The summed E-state index contributed by atoms with van der Waals surface area (Å²) >= 11 is 0. The Labute approximate surface area is 121 Å². The summed E-state index contributed by atoms with van der Waals surface area (Å²) in [4.78, 5) is 22.7. The van der Waals surface area contributed by atoms with Gasteiger partial charge in [0.1, 0.15) is 5.82 Å². The lowest BCUT2D eigenvalue weighted by Crippen LogP contribution is -2.19. The molecule has 0 aliphatic rings. The average molecular weight is 287 g/mol. The number of halogens is 1. The van der Waals surface area contributed by atoms with E-state index in [4.69, 9.17) is 5.73 Å². The molecular formula is C15H14FN3O2. The molecule has 0 heterocycles. The number of hydrogen-bond donors (Lipinski definition) is 3. The fourth-order valence-corrected chi connectivity index (χ4v) is 1.77. The minimum absolute atomic E-state index is 0.339. The van der Waals surface area contributed by atoms with Crippen LogP contribution in [0, 0.1) is 12.7 Å². The zero-order valence-electron chi connectivity index (χ0n) is 11.3. The lowest BCUT2D eigenvalue weighted by molar-refractivity contribution is 0.102. The number of aryl methyl sites for hydroxylation is 1. The molecule has 4 N–H and O–H groups in total. The van der Waals surface area contributed by atoms with E-state index in [1.54, 1.807) is 31.2 Å². The highest BCUT2D eigenvalue weighted by Gasteiger charge is 2.08. The molecule has 5 nitrogen and oxygen atoms in total. The standard InChI is InChI=1S/C15H14FN3O2/c1-9-8-10(2-7-13(9)16)14(20)18-11-3-5-12(6-4-11)19-15(17)21/h2-8H,1H3,(H,18,20)(H3,17,19,21). The quantitative estimate of drug-likeness (QED) is 0.811. The number of carbonyl (C=O) groups excluding carboxylic acids is 2. The molecule has 0 saturated carbocycles. The highest BCUT2D eigenvalue weighted by Crippen LogP contribution is 2.15. The van der Waals surface area contributed by atoms with Gasteiger partial charge < -0.3 is 16.4 Å². The smallest absolute Gasteiger partial charge is 0.316 e. The summed E-state index contributed by atoms with van der Waals surface area (Å²) in [5.41, 5.74) is 6.85. The Kier molecular flexibility index (Phi) is 4.18. The maximum absolute atomic E-state index is 13.2. The van der Waals surface area contributed by atoms with Gasteiger partial charge in [0, 0.05) is 16.9 Å². The number of benzene rings is 2. The predicted molar refractivity (Wildman–Crippen MR) is 78.7 cm³/mol. The largest absolute Gasteiger partial charge is 0.351 e. The normalized spacial score (nSPS) is 10.0. The van der Waals surface area contributed by atoms with Crippen molar-refractivity contribution in [3.63, 3.8) is 0 Å². The van der Waals surface area contributed by atoms with Gasteiger partial charge in [0.2, 0.25) is 0 Å². The maximum Gasteiger partial charge on any atom is 0.316 e. The lowest BCUT2D eigenvalue weighted by atomic mass is 10.1. The van der Waals surface area contributed by atoms with Crippen molar-refractivity contribution in [2.24, 2.45) is 5.73 Å². The lowest BCUT2D eigenvalue weighted by Gasteiger charge is -2.07. The third kappa shape index (κ3) is 3.79. The molecule has 21 heavy (non-hydrogen) atoms. The minimum atomic E-state index is -0.659. The maximum atomic E-state index is 13.2. The Morgan fingerprint density at radius 1 is 1.00 bits per heavy atom. The molecule has 0 aliphatic carbocycles. The Hall–Kier alpha value is -2.89. The van der Waals surface area contributed by atoms with E-state index in [2.05, 4.69) is 10.6 Å². The molecule has 2 rings (SSSR count). The van der Waals surface area contributed by atoms with Crippen molar-refractivity contribution in [3.05, 3.63) is 59.4 Å². The topological polar surface area (TPSA) is 84.2 Å². The molecule has 2 aromatic carbocycles. The number of nitrogens with one attached hydrogen (secondary N) is 2. The first kappa shape index (κ1) is 14.5. The summed E-state index contributed by atoms with van der Waals surface area (Å²) in [5, 5.41) is 5.10. The van der Waals surface area contributed by atoms with Crippen LogP contribution in [0.2, 0.25) is 0 Å². The van der Waals surface area contributed by atoms with Crippen molar-refractivity contribution in [2.75, 3.05) is 10.6 Å². The fraction of sp³-hybridized carbons (Fsp3) is 0.0667. The first-order valence-corrected chi connectivity index (χ1v) is 6.20. The Balaban J connectivity index is 2.08. The van der Waals surface area contributed by atoms with Crippen molar-refractivity contribution in [2.45, 2.75) is 6.92 Å². The van der Waals surface area contributed by atoms with Gasteiger partial charge in [0.05, 0.1) is 0 Å². The molecule has 2 aromatic rings. The Bertz CT molecular complexity index is 684. The zero-order chi connectivity index (χ0) is 15.4. The van der Waals surface area contributed by atoms with Crippen molar-refractivity contribution in [1.29, 1.82) is 0 Å². The first-order valence-electron chi connectivity index (χ1n) is 6.20. The molecule has 0 spiro atoms. The highest BCUT2D eigenvalue weighted by atomic mass is 19.1. The van der Waals surface area contributed by atoms with Crippen molar-refractivity contribution < 1.29 is 14.0 Å². The molecule has 0 aliphatic heterocycles. The number of carbonyl (C=O) groups is 2. The SMILES string of the molecule is Cc1cc(C(=O)Nc2ccc(NC(N)=O)cc2)ccc1F. The van der Waals surface area contributed by atoms with Crippen LogP contribution in [0.5, 0.6) is 0 Å². The predicted octanol–water partition coefficient (Wildman–Crippen LogP) is 2.88. The second kappa shape index (κ2) is 6.04. The second-order valence-electron chi connectivity index (χ2n) is 4.48. The highest BCUT2D eigenvalue weighted by molar-refractivity contribution is 6.04. The molecule has 0 fully saturated rings. The minimum Gasteiger partial charge on any atom is -0.351 e. The Morgan fingerprint density at radius 3 is 2.10 bits per heavy atom. The number of anilines is 2. The molecular weight excluding hydrogens is 273 g/mol. The van der Waals surface area contributed by atoms with Crippen LogP contribution in [0.3, 0.4) is 0 Å². The first-order chi connectivity index (χ1) is 9.95. The van der Waals surface area contributed by atoms with E-state index >= 15 is 0 Å². The fourth-order valence-electron chi connectivity index (χ4n) is 1.77. The van der Waals surface area contributed by atoms with Gasteiger partial charge in [-0.1, -0.05) is 0 Å². The summed E-state index contributed by atoms with van der Waals surface area (Å²) in [5.74, 6) is -0.692. The molecule has 0 unspecified atom stereocenters. The third-order valence-electron chi connectivity index (χ3n) is 2.83. The molecule has 0 bridgehead atoms. The molecule has 3 amide bonds. The van der Waals surface area contributed by atoms with Gasteiger partial charge >= 0.3 is 6.03 Å². The number of primary amides is 1. The third-order valence-corrected chi connectivity index (χ3v) is 2.83. The summed E-state index contributed by atoms with van der Waals surface area (Å²) in [6.45, 7) is 1.59. The second-order valence-corrected chi connectivity index (χ2v) is 4.48. The van der Waals surface area contributed by atoms with E-state index in [-0.39, 0.29) is 11.7 Å². The van der Waals surface area contributed by atoms with Gasteiger partial charge in [-0.2, -0.15) is 0 Å². The molecule has 0 atom stereocenters. The molecule has 6 heteroatoms. The van der Waals surface area contributed by atoms with Crippen molar-refractivity contribution in [1.82, 2.24) is 0 Å². The molecule has 0 aromatic heterocycles. The van der Waals surface area contributed by atoms with Crippen LogP contribution >= 0.6 is 0 Å². The van der Waals surface area contributed by atoms with Crippen LogP contribution < -0.4 is 16.4 Å². The van der Waals surface area contributed by atoms with Crippen LogP contribution in [-0.2, 0) is 0 Å². The number of urea groups is 1. The molecule has 108 valence electrons. The number of rotatable bonds is 3. The van der Waals surface area contributed by atoms with Crippen molar-refractivity contribution >= 4 is 23.3 Å². The van der Waals surface area contributed by atoms with E-state index in [0.29, 0.717) is 22.5 Å². The van der Waals surface area contributed by atoms with Gasteiger partial charge in [-0.05, 0) is 55.0 Å².